The first-order valence-corrected chi connectivity index (χ1v) is 8.96. The Kier molecular flexibility index (Phi) is 5.59. The zero-order chi connectivity index (χ0) is 20.3. The zero-order valence-electron chi connectivity index (χ0n) is 16.5. The first kappa shape index (κ1) is 19.4. The molecule has 6 nitrogen and oxygen atoms in total. The van der Waals surface area contributed by atoms with Crippen molar-refractivity contribution >= 4 is 17.3 Å². The number of aromatic nitrogens is 2. The van der Waals surface area contributed by atoms with Crippen molar-refractivity contribution in [1.82, 2.24) is 9.78 Å². The Morgan fingerprint density at radius 1 is 1.07 bits per heavy atom. The van der Waals surface area contributed by atoms with Gasteiger partial charge in [-0.1, -0.05) is 30.3 Å². The quantitative estimate of drug-likeness (QED) is 0.637. The lowest BCUT2D eigenvalue weighted by molar-refractivity contribution is 0.0600. The van der Waals surface area contributed by atoms with E-state index in [1.165, 1.54) is 11.8 Å². The van der Waals surface area contributed by atoms with E-state index < -0.39 is 0 Å². The summed E-state index contributed by atoms with van der Waals surface area (Å²) in [4.78, 5) is 26.6. The van der Waals surface area contributed by atoms with Crippen LogP contribution in [0.25, 0.3) is 0 Å². The topological polar surface area (TPSA) is 64.4 Å². The van der Waals surface area contributed by atoms with Crippen molar-refractivity contribution in [3.05, 3.63) is 87.3 Å². The molecule has 3 aromatic rings. The third-order valence-electron chi connectivity index (χ3n) is 4.59. The van der Waals surface area contributed by atoms with Gasteiger partial charge in [-0.2, -0.15) is 5.10 Å². The molecule has 0 bridgehead atoms. The Morgan fingerprint density at radius 3 is 2.43 bits per heavy atom. The molecule has 0 radical (unpaired) electrons. The fourth-order valence-corrected chi connectivity index (χ4v) is 3.17. The fraction of sp³-hybridized carbons (Fsp3) is 0.227. The molecule has 6 heteroatoms. The predicted octanol–water partition coefficient (Wildman–Crippen LogP) is 3.46. The molecule has 1 aromatic heterocycles. The van der Waals surface area contributed by atoms with Crippen LogP contribution in [0.4, 0.5) is 11.4 Å². The summed E-state index contributed by atoms with van der Waals surface area (Å²) in [5, 5.41) is 4.39. The van der Waals surface area contributed by atoms with Gasteiger partial charge in [-0.05, 0) is 49.2 Å². The van der Waals surface area contributed by atoms with E-state index in [0.717, 1.165) is 22.5 Å². The second-order valence-electron chi connectivity index (χ2n) is 6.67. The second kappa shape index (κ2) is 8.08. The molecule has 0 fully saturated rings. The van der Waals surface area contributed by atoms with E-state index in [9.17, 15) is 9.59 Å². The van der Waals surface area contributed by atoms with Gasteiger partial charge in [0, 0.05) is 12.7 Å². The molecule has 0 atom stereocenters. The van der Waals surface area contributed by atoms with Crippen LogP contribution in [0.2, 0.25) is 0 Å². The Morgan fingerprint density at radius 2 is 1.79 bits per heavy atom. The number of esters is 1. The van der Waals surface area contributed by atoms with Crippen LogP contribution in [0.1, 0.15) is 27.2 Å². The highest BCUT2D eigenvalue weighted by molar-refractivity contribution is 5.90. The number of nitrogens with zero attached hydrogens (tertiary/aromatic N) is 3. The molecule has 0 saturated heterocycles. The van der Waals surface area contributed by atoms with Crippen LogP contribution in [0, 0.1) is 13.8 Å². The zero-order valence-corrected chi connectivity index (χ0v) is 16.5. The minimum Gasteiger partial charge on any atom is -0.465 e. The number of ether oxygens (including phenoxy) is 1. The summed E-state index contributed by atoms with van der Waals surface area (Å²) < 4.78 is 6.25. The maximum atomic E-state index is 13.1. The van der Waals surface area contributed by atoms with Crippen molar-refractivity contribution in [2.24, 2.45) is 0 Å². The van der Waals surface area contributed by atoms with Crippen molar-refractivity contribution in [3.63, 3.8) is 0 Å². The van der Waals surface area contributed by atoms with Gasteiger partial charge in [0.05, 0.1) is 24.9 Å². The largest absolute Gasteiger partial charge is 0.465 e. The van der Waals surface area contributed by atoms with Crippen LogP contribution in [0.3, 0.4) is 0 Å². The lowest BCUT2D eigenvalue weighted by Crippen LogP contribution is -2.30. The van der Waals surface area contributed by atoms with Gasteiger partial charge < -0.3 is 9.64 Å². The van der Waals surface area contributed by atoms with Crippen LogP contribution < -0.4 is 10.5 Å². The third-order valence-corrected chi connectivity index (χ3v) is 4.59. The van der Waals surface area contributed by atoms with Gasteiger partial charge in [0.15, 0.2) is 0 Å². The summed E-state index contributed by atoms with van der Waals surface area (Å²) in [7, 11) is 3.19. The van der Waals surface area contributed by atoms with Crippen molar-refractivity contribution in [1.29, 1.82) is 0 Å². The number of carbonyl (C=O) groups is 1. The number of aryl methyl sites for hydroxylation is 2. The molecule has 0 amide bonds. The van der Waals surface area contributed by atoms with E-state index in [0.29, 0.717) is 17.8 Å². The smallest absolute Gasteiger partial charge is 0.337 e. The summed E-state index contributed by atoms with van der Waals surface area (Å²) in [6.45, 7) is 4.17. The molecular weight excluding hydrogens is 354 g/mol. The Labute approximate surface area is 164 Å². The van der Waals surface area contributed by atoms with Crippen LogP contribution in [-0.4, -0.2) is 29.9 Å². The van der Waals surface area contributed by atoms with Gasteiger partial charge in [-0.3, -0.25) is 4.79 Å². The third kappa shape index (κ3) is 3.96. The summed E-state index contributed by atoms with van der Waals surface area (Å²) in [6.07, 6.45) is 0. The highest BCUT2D eigenvalue weighted by Gasteiger charge is 2.16. The highest BCUT2D eigenvalue weighted by atomic mass is 16.5. The SMILES string of the molecule is COC(=O)c1ccc(N(C)c2cc(C)nn(Cc3ccccc3)c2=O)c(C)c1. The molecular formula is C22H23N3O3. The lowest BCUT2D eigenvalue weighted by atomic mass is 10.1. The van der Waals surface area contributed by atoms with Gasteiger partial charge in [0.1, 0.15) is 5.69 Å². The van der Waals surface area contributed by atoms with E-state index in [-0.39, 0.29) is 11.5 Å². The molecule has 0 aliphatic heterocycles. The molecule has 0 saturated carbocycles. The maximum Gasteiger partial charge on any atom is 0.337 e. The van der Waals surface area contributed by atoms with Gasteiger partial charge in [-0.15, -0.1) is 0 Å². The molecule has 0 aliphatic carbocycles. The molecule has 0 unspecified atom stereocenters. The predicted molar refractivity (Wildman–Crippen MR) is 109 cm³/mol. The average Bonchev–Trinajstić information content (AvgIpc) is 2.70. The van der Waals surface area contributed by atoms with Gasteiger partial charge in [-0.25, -0.2) is 9.48 Å². The van der Waals surface area contributed by atoms with E-state index in [1.807, 2.05) is 62.2 Å². The number of hydrogen-bond acceptors (Lipinski definition) is 5. The molecule has 0 aliphatic rings. The minimum absolute atomic E-state index is 0.173. The monoisotopic (exact) mass is 377 g/mol. The van der Waals surface area contributed by atoms with Gasteiger partial charge in [0.2, 0.25) is 0 Å². The lowest BCUT2D eigenvalue weighted by Gasteiger charge is -2.22. The van der Waals surface area contributed by atoms with Crippen LogP contribution in [0.15, 0.2) is 59.4 Å². The summed E-state index contributed by atoms with van der Waals surface area (Å²) in [5.41, 5.74) is 4.29. The van der Waals surface area contributed by atoms with E-state index in [4.69, 9.17) is 4.74 Å². The van der Waals surface area contributed by atoms with Crippen molar-refractivity contribution in [3.8, 4) is 0 Å². The van der Waals surface area contributed by atoms with Crippen LogP contribution >= 0.6 is 0 Å². The number of carbonyl (C=O) groups excluding carboxylic acids is 1. The fourth-order valence-electron chi connectivity index (χ4n) is 3.17. The average molecular weight is 377 g/mol. The number of hydrogen-bond donors (Lipinski definition) is 0. The molecule has 2 aromatic carbocycles. The summed E-state index contributed by atoms with van der Waals surface area (Å²) >= 11 is 0. The number of anilines is 2. The van der Waals surface area contributed by atoms with Crippen molar-refractivity contribution < 1.29 is 9.53 Å². The van der Waals surface area contributed by atoms with E-state index in [1.54, 1.807) is 18.2 Å². The second-order valence-corrected chi connectivity index (χ2v) is 6.67. The highest BCUT2D eigenvalue weighted by Crippen LogP contribution is 2.26. The molecule has 0 spiro atoms. The van der Waals surface area contributed by atoms with Gasteiger partial charge in [0.25, 0.3) is 5.56 Å². The normalized spacial score (nSPS) is 10.6. The molecule has 28 heavy (non-hydrogen) atoms. The van der Waals surface area contributed by atoms with Crippen molar-refractivity contribution in [2.75, 3.05) is 19.1 Å². The Bertz CT molecular complexity index is 1060. The minimum atomic E-state index is -0.387. The molecule has 0 N–H and O–H groups in total. The van der Waals surface area contributed by atoms with E-state index >= 15 is 0 Å². The first-order valence-electron chi connectivity index (χ1n) is 8.96. The standard InChI is InChI=1S/C22H23N3O3/c1-15-12-18(22(27)28-4)10-11-19(15)24(3)20-13-16(2)23-25(21(20)26)14-17-8-6-5-7-9-17/h5-13H,14H2,1-4H3. The van der Waals surface area contributed by atoms with Crippen LogP contribution in [0.5, 0.6) is 0 Å². The first-order chi connectivity index (χ1) is 13.4. The van der Waals surface area contributed by atoms with Crippen molar-refractivity contribution in [2.45, 2.75) is 20.4 Å². The molecule has 3 rings (SSSR count). The Hall–Kier alpha value is -3.41. The number of rotatable bonds is 5. The summed E-state index contributed by atoms with van der Waals surface area (Å²) in [5.74, 6) is -0.387. The number of benzene rings is 2. The summed E-state index contributed by atoms with van der Waals surface area (Å²) in [6, 6.07) is 16.8. The van der Waals surface area contributed by atoms with E-state index in [2.05, 4.69) is 5.10 Å². The number of methoxy groups -OCH3 is 1. The van der Waals surface area contributed by atoms with Gasteiger partial charge >= 0.3 is 5.97 Å². The molecule has 144 valence electrons. The maximum absolute atomic E-state index is 13.1. The molecule has 1 heterocycles. The Balaban J connectivity index is 1.99. The van der Waals surface area contributed by atoms with Crippen LogP contribution in [-0.2, 0) is 11.3 Å².